The highest BCUT2D eigenvalue weighted by atomic mass is 32.2. The van der Waals surface area contributed by atoms with Crippen LogP contribution in [0.3, 0.4) is 0 Å². The number of rotatable bonds is 5. The number of sulfone groups is 1. The summed E-state index contributed by atoms with van der Waals surface area (Å²) < 4.78 is 28.0. The first-order valence-corrected chi connectivity index (χ1v) is 7.83. The van der Waals surface area contributed by atoms with Gasteiger partial charge in [0.25, 0.3) is 5.91 Å². The minimum atomic E-state index is -3.32. The standard InChI is InChI=1S/C10H15NO4S2/c1-4-15-7(2)9(12)11-10-8(5-6-16-10)17(3,13)14/h5-7H,4H2,1-3H3,(H,11,12)/t7-/m0/s1. The van der Waals surface area contributed by atoms with E-state index in [1.54, 1.807) is 19.2 Å². The molecular formula is C10H15NO4S2. The van der Waals surface area contributed by atoms with E-state index in [4.69, 9.17) is 4.74 Å². The number of nitrogens with one attached hydrogen (secondary N) is 1. The molecule has 0 bridgehead atoms. The van der Waals surface area contributed by atoms with Crippen molar-refractivity contribution >= 4 is 32.1 Å². The maximum atomic E-state index is 11.7. The zero-order chi connectivity index (χ0) is 13.1. The third-order valence-electron chi connectivity index (χ3n) is 2.05. The molecule has 0 aliphatic rings. The minimum absolute atomic E-state index is 0.138. The number of thiophene rings is 1. The first kappa shape index (κ1) is 14.1. The predicted octanol–water partition coefficient (Wildman–Crippen LogP) is 1.52. The van der Waals surface area contributed by atoms with Crippen LogP contribution in [0.1, 0.15) is 13.8 Å². The van der Waals surface area contributed by atoms with Gasteiger partial charge in [-0.15, -0.1) is 11.3 Å². The van der Waals surface area contributed by atoms with Gasteiger partial charge >= 0.3 is 0 Å². The van der Waals surface area contributed by atoms with Gasteiger partial charge in [-0.25, -0.2) is 8.42 Å². The van der Waals surface area contributed by atoms with E-state index in [1.165, 1.54) is 17.4 Å². The lowest BCUT2D eigenvalue weighted by Crippen LogP contribution is -2.27. The van der Waals surface area contributed by atoms with Crippen LogP contribution in [0.4, 0.5) is 5.00 Å². The third-order valence-corrected chi connectivity index (χ3v) is 4.15. The number of carbonyl (C=O) groups is 1. The van der Waals surface area contributed by atoms with Crippen LogP contribution in [0.25, 0.3) is 0 Å². The predicted molar refractivity (Wildman–Crippen MR) is 67.1 cm³/mol. The largest absolute Gasteiger partial charge is 0.369 e. The third kappa shape index (κ3) is 3.79. The molecule has 0 aliphatic carbocycles. The van der Waals surface area contributed by atoms with E-state index in [0.717, 1.165) is 6.26 Å². The van der Waals surface area contributed by atoms with Crippen LogP contribution in [-0.4, -0.2) is 33.3 Å². The molecule has 7 heteroatoms. The fourth-order valence-corrected chi connectivity index (χ4v) is 3.29. The van der Waals surface area contributed by atoms with Crippen LogP contribution in [0, 0.1) is 0 Å². The molecule has 1 atom stereocenters. The van der Waals surface area contributed by atoms with Crippen LogP contribution < -0.4 is 5.32 Å². The van der Waals surface area contributed by atoms with E-state index in [0.29, 0.717) is 11.6 Å². The lowest BCUT2D eigenvalue weighted by Gasteiger charge is -2.11. The van der Waals surface area contributed by atoms with Gasteiger partial charge < -0.3 is 10.1 Å². The highest BCUT2D eigenvalue weighted by Crippen LogP contribution is 2.27. The summed E-state index contributed by atoms with van der Waals surface area (Å²) in [4.78, 5) is 11.8. The second-order valence-electron chi connectivity index (χ2n) is 3.47. The summed E-state index contributed by atoms with van der Waals surface area (Å²) in [6, 6.07) is 1.47. The van der Waals surface area contributed by atoms with Crippen molar-refractivity contribution in [2.45, 2.75) is 24.8 Å². The Morgan fingerprint density at radius 3 is 2.76 bits per heavy atom. The topological polar surface area (TPSA) is 72.5 Å². The van der Waals surface area contributed by atoms with Crippen molar-refractivity contribution in [2.24, 2.45) is 0 Å². The minimum Gasteiger partial charge on any atom is -0.369 e. The lowest BCUT2D eigenvalue weighted by molar-refractivity contribution is -0.126. The Bertz CT molecular complexity index is 492. The number of ether oxygens (including phenoxy) is 1. The second kappa shape index (κ2) is 5.61. The number of carbonyl (C=O) groups excluding carboxylic acids is 1. The van der Waals surface area contributed by atoms with Crippen molar-refractivity contribution in [2.75, 3.05) is 18.2 Å². The second-order valence-corrected chi connectivity index (χ2v) is 6.37. The average Bonchev–Trinajstić information content (AvgIpc) is 2.65. The van der Waals surface area contributed by atoms with Gasteiger partial charge in [0.15, 0.2) is 9.84 Å². The van der Waals surface area contributed by atoms with Crippen molar-refractivity contribution in [1.82, 2.24) is 0 Å². The Kier molecular flexibility index (Phi) is 4.67. The number of hydrogen-bond acceptors (Lipinski definition) is 5. The van der Waals surface area contributed by atoms with Gasteiger partial charge in [-0.1, -0.05) is 0 Å². The molecule has 5 nitrogen and oxygen atoms in total. The van der Waals surface area contributed by atoms with E-state index in [1.807, 2.05) is 0 Å². The summed E-state index contributed by atoms with van der Waals surface area (Å²) in [6.07, 6.45) is 0.506. The van der Waals surface area contributed by atoms with Crippen LogP contribution in [0.2, 0.25) is 0 Å². The molecule has 1 amide bonds. The monoisotopic (exact) mass is 277 g/mol. The average molecular weight is 277 g/mol. The fraction of sp³-hybridized carbons (Fsp3) is 0.500. The Hall–Kier alpha value is -0.920. The molecule has 1 aromatic heterocycles. The maximum absolute atomic E-state index is 11.7. The van der Waals surface area contributed by atoms with E-state index >= 15 is 0 Å². The Morgan fingerprint density at radius 1 is 1.59 bits per heavy atom. The smallest absolute Gasteiger partial charge is 0.253 e. The molecule has 0 unspecified atom stereocenters. The lowest BCUT2D eigenvalue weighted by atomic mass is 10.4. The molecule has 96 valence electrons. The molecule has 0 saturated carbocycles. The highest BCUT2D eigenvalue weighted by molar-refractivity contribution is 7.91. The summed E-state index contributed by atoms with van der Waals surface area (Å²) in [5.41, 5.74) is 0. The first-order valence-electron chi connectivity index (χ1n) is 5.06. The van der Waals surface area contributed by atoms with Crippen molar-refractivity contribution in [3.8, 4) is 0 Å². The van der Waals surface area contributed by atoms with Crippen LogP contribution >= 0.6 is 11.3 Å². The van der Waals surface area contributed by atoms with Crippen molar-refractivity contribution in [3.63, 3.8) is 0 Å². The molecule has 0 aromatic carbocycles. The quantitative estimate of drug-likeness (QED) is 0.885. The molecule has 0 saturated heterocycles. The number of anilines is 1. The van der Waals surface area contributed by atoms with Gasteiger partial charge in [-0.3, -0.25) is 4.79 Å². The summed E-state index contributed by atoms with van der Waals surface area (Å²) in [5.74, 6) is -0.348. The molecule has 1 aromatic rings. The molecule has 0 aliphatic heterocycles. The van der Waals surface area contributed by atoms with Crippen molar-refractivity contribution < 1.29 is 17.9 Å². The van der Waals surface area contributed by atoms with Gasteiger partial charge in [0.05, 0.1) is 0 Å². The molecular weight excluding hydrogens is 262 g/mol. The summed E-state index contributed by atoms with van der Waals surface area (Å²) in [5, 5.41) is 4.52. The number of hydrogen-bond donors (Lipinski definition) is 1. The van der Waals surface area contributed by atoms with E-state index in [-0.39, 0.29) is 10.8 Å². The highest BCUT2D eigenvalue weighted by Gasteiger charge is 2.19. The zero-order valence-corrected chi connectivity index (χ0v) is 11.5. The normalized spacial score (nSPS) is 13.4. The Labute approximate surface area is 105 Å². The van der Waals surface area contributed by atoms with E-state index in [9.17, 15) is 13.2 Å². The summed E-state index contributed by atoms with van der Waals surface area (Å²) >= 11 is 1.17. The molecule has 1 rings (SSSR count). The van der Waals surface area contributed by atoms with Crippen LogP contribution in [-0.2, 0) is 19.4 Å². The van der Waals surface area contributed by atoms with Crippen molar-refractivity contribution in [3.05, 3.63) is 11.4 Å². The summed E-state index contributed by atoms with van der Waals surface area (Å²) in [6.45, 7) is 3.83. The molecule has 1 heterocycles. The van der Waals surface area contributed by atoms with E-state index in [2.05, 4.69) is 5.32 Å². The van der Waals surface area contributed by atoms with Crippen LogP contribution in [0.5, 0.6) is 0 Å². The molecule has 1 N–H and O–H groups in total. The first-order chi connectivity index (χ1) is 7.86. The molecule has 0 fully saturated rings. The SMILES string of the molecule is CCO[C@@H](C)C(=O)Nc1sccc1S(C)(=O)=O. The van der Waals surface area contributed by atoms with Crippen LogP contribution in [0.15, 0.2) is 16.3 Å². The fourth-order valence-electron chi connectivity index (χ4n) is 1.22. The van der Waals surface area contributed by atoms with E-state index < -0.39 is 15.9 Å². The Morgan fingerprint density at radius 2 is 2.24 bits per heavy atom. The molecule has 17 heavy (non-hydrogen) atoms. The van der Waals surface area contributed by atoms with Gasteiger partial charge in [0.2, 0.25) is 0 Å². The van der Waals surface area contributed by atoms with Gasteiger partial charge in [-0.05, 0) is 25.3 Å². The summed E-state index contributed by atoms with van der Waals surface area (Å²) in [7, 11) is -3.32. The molecule has 0 radical (unpaired) electrons. The van der Waals surface area contributed by atoms with Gasteiger partial charge in [0, 0.05) is 12.9 Å². The van der Waals surface area contributed by atoms with Gasteiger partial charge in [0.1, 0.15) is 16.0 Å². The zero-order valence-electron chi connectivity index (χ0n) is 9.89. The van der Waals surface area contributed by atoms with Gasteiger partial charge in [-0.2, -0.15) is 0 Å². The Balaban J connectivity index is 2.83. The number of amides is 1. The van der Waals surface area contributed by atoms with Crippen molar-refractivity contribution in [1.29, 1.82) is 0 Å². The molecule has 0 spiro atoms. The maximum Gasteiger partial charge on any atom is 0.253 e.